The number of hydrogen-bond donors (Lipinski definition) is 2. The number of anilines is 2. The van der Waals surface area contributed by atoms with Gasteiger partial charge >= 0.3 is 0 Å². The lowest BCUT2D eigenvalue weighted by atomic mass is 9.71. The average Bonchev–Trinajstić information content (AvgIpc) is 3.81. The van der Waals surface area contributed by atoms with Gasteiger partial charge in [0.2, 0.25) is 11.8 Å². The second kappa shape index (κ2) is 17.4. The summed E-state index contributed by atoms with van der Waals surface area (Å²) in [5.41, 5.74) is 5.27. The standard InChI is InChI=1S/C45H52BrN7O4/c46-44(57)48-42(55)12-6-7-32-13-15-37(16-14-32)53-30-34-28-50(29-35(34)31-53)27-33-17-21-52(22-18-33)43(56)45(36-8-2-1-3-9-36)19-23-51(24-20-45)38-25-40(49-47-26-38)39-10-4-5-11-41(39)54/h1-5,8-11,13-16,25-26,33-35,54H,6-7,12,17-24,27-31H2,(H,48,55,57)/t34-,35-/m0/s1. The van der Waals surface area contributed by atoms with Gasteiger partial charge in [-0.3, -0.25) is 19.7 Å². The molecule has 5 heterocycles. The Kier molecular flexibility index (Phi) is 11.9. The number of halogens is 1. The Bertz CT molecular complexity index is 2020. The van der Waals surface area contributed by atoms with Crippen LogP contribution < -0.4 is 15.1 Å². The third kappa shape index (κ3) is 8.87. The van der Waals surface area contributed by atoms with Crippen molar-refractivity contribution >= 4 is 43.9 Å². The minimum atomic E-state index is -0.558. The Balaban J connectivity index is 0.818. The normalized spacial score (nSPS) is 21.0. The first-order valence-electron chi connectivity index (χ1n) is 20.5. The van der Waals surface area contributed by atoms with Crippen molar-refractivity contribution in [3.63, 3.8) is 0 Å². The number of benzene rings is 3. The Labute approximate surface area is 343 Å². The van der Waals surface area contributed by atoms with Crippen LogP contribution in [0.5, 0.6) is 5.75 Å². The number of phenolic OH excluding ortho intramolecular Hbond substituents is 1. The van der Waals surface area contributed by atoms with Crippen LogP contribution in [0.3, 0.4) is 0 Å². The molecule has 12 heteroatoms. The van der Waals surface area contributed by atoms with Gasteiger partial charge in [0, 0.05) is 92.5 Å². The molecule has 0 saturated carbocycles. The predicted octanol–water partition coefficient (Wildman–Crippen LogP) is 6.65. The maximum atomic E-state index is 14.7. The Morgan fingerprint density at radius 1 is 0.807 bits per heavy atom. The van der Waals surface area contributed by atoms with Crippen molar-refractivity contribution < 1.29 is 19.5 Å². The largest absolute Gasteiger partial charge is 0.507 e. The average molecular weight is 835 g/mol. The van der Waals surface area contributed by atoms with Crippen molar-refractivity contribution in [3.8, 4) is 17.0 Å². The van der Waals surface area contributed by atoms with Crippen LogP contribution in [-0.4, -0.2) is 101 Å². The van der Waals surface area contributed by atoms with Gasteiger partial charge in [-0.15, -0.1) is 0 Å². The van der Waals surface area contributed by atoms with E-state index in [-0.39, 0.29) is 17.6 Å². The summed E-state index contributed by atoms with van der Waals surface area (Å²) in [6.07, 6.45) is 7.16. The molecule has 2 atom stereocenters. The minimum Gasteiger partial charge on any atom is -0.507 e. The van der Waals surface area contributed by atoms with Gasteiger partial charge in [-0.1, -0.05) is 54.6 Å². The van der Waals surface area contributed by atoms with E-state index in [0.717, 1.165) is 102 Å². The van der Waals surface area contributed by atoms with Crippen LogP contribution in [0.15, 0.2) is 91.1 Å². The zero-order chi connectivity index (χ0) is 39.4. The molecule has 3 aromatic carbocycles. The molecule has 0 aliphatic carbocycles. The summed E-state index contributed by atoms with van der Waals surface area (Å²) in [7, 11) is 0. The molecular formula is C45H52BrN7O4. The van der Waals surface area contributed by atoms with Crippen LogP contribution in [0.2, 0.25) is 0 Å². The fourth-order valence-electron chi connectivity index (χ4n) is 9.82. The van der Waals surface area contributed by atoms with Gasteiger partial charge in [0.1, 0.15) is 5.75 Å². The van der Waals surface area contributed by atoms with E-state index in [1.165, 1.54) is 11.3 Å². The number of fused-ring (bicyclic) bond motifs is 1. The highest BCUT2D eigenvalue weighted by molar-refractivity contribution is 9.18. The Hall–Kier alpha value is -4.81. The SMILES string of the molecule is O=C(Br)NC(=O)CCCc1ccc(N2C[C@@H]3CN(CC4CCN(C(=O)C5(c6ccccc6)CCN(c6cnnc(-c7ccccc7O)c6)CC5)CC4)C[C@H]3C2)cc1. The molecular weight excluding hydrogens is 782 g/mol. The molecule has 4 aromatic rings. The number of carbonyl (C=O) groups is 3. The first kappa shape index (κ1) is 39.0. The minimum absolute atomic E-state index is 0.180. The number of likely N-dealkylation sites (tertiary alicyclic amines) is 2. The number of aryl methyl sites for hydroxylation is 1. The van der Waals surface area contributed by atoms with Gasteiger partial charge in [-0.05, 0) is 97.7 Å². The number of aromatic nitrogens is 2. The van der Waals surface area contributed by atoms with Crippen LogP contribution in [0.25, 0.3) is 11.3 Å². The number of nitrogens with zero attached hydrogens (tertiary/aromatic N) is 6. The quantitative estimate of drug-likeness (QED) is 0.127. The predicted molar refractivity (Wildman–Crippen MR) is 225 cm³/mol. The van der Waals surface area contributed by atoms with Crippen molar-refractivity contribution in [1.82, 2.24) is 25.3 Å². The third-order valence-corrected chi connectivity index (χ3v) is 13.1. The van der Waals surface area contributed by atoms with E-state index in [1.807, 2.05) is 24.3 Å². The molecule has 3 amide bonds. The van der Waals surface area contributed by atoms with E-state index in [0.29, 0.717) is 41.9 Å². The van der Waals surface area contributed by atoms with Gasteiger partial charge in [0.25, 0.3) is 4.82 Å². The fraction of sp³-hybridized carbons (Fsp3) is 0.444. The number of amides is 3. The van der Waals surface area contributed by atoms with E-state index >= 15 is 0 Å². The molecule has 4 aliphatic rings. The zero-order valence-corrected chi connectivity index (χ0v) is 34.0. The van der Waals surface area contributed by atoms with E-state index < -0.39 is 10.2 Å². The number of aromatic hydroxyl groups is 1. The monoisotopic (exact) mass is 833 g/mol. The summed E-state index contributed by atoms with van der Waals surface area (Å²) in [6, 6.07) is 28.3. The molecule has 0 bridgehead atoms. The van der Waals surface area contributed by atoms with E-state index in [1.54, 1.807) is 18.3 Å². The molecule has 4 saturated heterocycles. The molecule has 4 fully saturated rings. The lowest BCUT2D eigenvalue weighted by molar-refractivity contribution is -0.140. The van der Waals surface area contributed by atoms with Crippen molar-refractivity contribution in [2.75, 3.05) is 68.7 Å². The van der Waals surface area contributed by atoms with Gasteiger partial charge in [-0.25, -0.2) is 0 Å². The van der Waals surface area contributed by atoms with Crippen molar-refractivity contribution in [3.05, 3.63) is 102 Å². The molecule has 57 heavy (non-hydrogen) atoms. The maximum Gasteiger partial charge on any atom is 0.293 e. The Morgan fingerprint density at radius 3 is 2.18 bits per heavy atom. The molecule has 4 aliphatic heterocycles. The van der Waals surface area contributed by atoms with E-state index in [4.69, 9.17) is 0 Å². The van der Waals surface area contributed by atoms with Crippen LogP contribution in [0, 0.1) is 17.8 Å². The molecule has 2 N–H and O–H groups in total. The van der Waals surface area contributed by atoms with Crippen LogP contribution in [0.1, 0.15) is 49.7 Å². The van der Waals surface area contributed by atoms with Gasteiger partial charge in [0.15, 0.2) is 0 Å². The molecule has 1 aromatic heterocycles. The van der Waals surface area contributed by atoms with Gasteiger partial charge in [-0.2, -0.15) is 10.2 Å². The van der Waals surface area contributed by atoms with E-state index in [2.05, 4.69) is 99.6 Å². The first-order chi connectivity index (χ1) is 27.7. The number of carbonyl (C=O) groups excluding carboxylic acids is 3. The highest BCUT2D eigenvalue weighted by atomic mass is 79.9. The number of para-hydroxylation sites is 1. The maximum absolute atomic E-state index is 14.7. The van der Waals surface area contributed by atoms with Gasteiger partial charge in [0.05, 0.1) is 23.0 Å². The number of phenols is 1. The second-order valence-corrected chi connectivity index (χ2v) is 17.2. The summed E-state index contributed by atoms with van der Waals surface area (Å²) in [6.45, 7) is 8.67. The Morgan fingerprint density at radius 2 is 1.49 bits per heavy atom. The van der Waals surface area contributed by atoms with Crippen LogP contribution in [-0.2, 0) is 21.4 Å². The van der Waals surface area contributed by atoms with Crippen LogP contribution >= 0.6 is 15.9 Å². The summed E-state index contributed by atoms with van der Waals surface area (Å²) < 4.78 is 0. The summed E-state index contributed by atoms with van der Waals surface area (Å²) in [5, 5.41) is 21.3. The lowest BCUT2D eigenvalue weighted by Crippen LogP contribution is -2.55. The molecule has 8 rings (SSSR count). The summed E-state index contributed by atoms with van der Waals surface area (Å²) in [5.74, 6) is 2.16. The van der Waals surface area contributed by atoms with Crippen molar-refractivity contribution in [2.45, 2.75) is 50.4 Å². The summed E-state index contributed by atoms with van der Waals surface area (Å²) >= 11 is 2.74. The number of hydrogen-bond acceptors (Lipinski definition) is 9. The van der Waals surface area contributed by atoms with Crippen molar-refractivity contribution in [1.29, 1.82) is 0 Å². The van der Waals surface area contributed by atoms with Crippen LogP contribution in [0.4, 0.5) is 16.2 Å². The number of nitrogens with one attached hydrogen (secondary N) is 1. The summed E-state index contributed by atoms with van der Waals surface area (Å²) in [4.78, 5) is 46.6. The molecule has 298 valence electrons. The molecule has 11 nitrogen and oxygen atoms in total. The first-order valence-corrected chi connectivity index (χ1v) is 21.3. The number of rotatable bonds is 11. The number of imide groups is 1. The highest BCUT2D eigenvalue weighted by Gasteiger charge is 2.46. The van der Waals surface area contributed by atoms with Crippen molar-refractivity contribution in [2.24, 2.45) is 17.8 Å². The van der Waals surface area contributed by atoms with Gasteiger partial charge < -0.3 is 24.7 Å². The fourth-order valence-corrected chi connectivity index (χ4v) is 10.0. The zero-order valence-electron chi connectivity index (χ0n) is 32.4. The second-order valence-electron chi connectivity index (χ2n) is 16.5. The highest BCUT2D eigenvalue weighted by Crippen LogP contribution is 2.41. The molecule has 0 spiro atoms. The topological polar surface area (TPSA) is 122 Å². The lowest BCUT2D eigenvalue weighted by Gasteiger charge is -2.45. The molecule has 0 radical (unpaired) electrons. The third-order valence-electron chi connectivity index (χ3n) is 12.9. The molecule has 0 unspecified atom stereocenters. The van der Waals surface area contributed by atoms with E-state index in [9.17, 15) is 19.5 Å². The number of piperidine rings is 2. The smallest absolute Gasteiger partial charge is 0.293 e.